The number of esters is 1. The van der Waals surface area contributed by atoms with Gasteiger partial charge in [0.05, 0.1) is 17.6 Å². The van der Waals surface area contributed by atoms with Crippen molar-refractivity contribution in [2.45, 2.75) is 6.10 Å². The maximum absolute atomic E-state index is 11.2. The molecule has 17 heavy (non-hydrogen) atoms. The van der Waals surface area contributed by atoms with Gasteiger partial charge in [0.2, 0.25) is 6.10 Å². The first kappa shape index (κ1) is 13.4. The summed E-state index contributed by atoms with van der Waals surface area (Å²) < 4.78 is 4.34. The van der Waals surface area contributed by atoms with Gasteiger partial charge in [-0.2, -0.15) is 0 Å². The van der Waals surface area contributed by atoms with Crippen LogP contribution in [0.4, 0.5) is 5.69 Å². The number of benzene rings is 1. The smallest absolute Gasteiger partial charge is 0.343 e. The Bertz CT molecular complexity index is 449. The van der Waals surface area contributed by atoms with Gasteiger partial charge >= 0.3 is 5.97 Å². The van der Waals surface area contributed by atoms with E-state index in [9.17, 15) is 14.9 Å². The molecule has 1 aromatic rings. The number of halogens is 1. The minimum absolute atomic E-state index is 0.127. The van der Waals surface area contributed by atoms with Crippen molar-refractivity contribution in [3.63, 3.8) is 0 Å². The molecule has 1 aromatic carbocycles. The number of ether oxygens (including phenoxy) is 1. The minimum atomic E-state index is -1.59. The lowest BCUT2D eigenvalue weighted by Gasteiger charge is -2.11. The van der Waals surface area contributed by atoms with Crippen molar-refractivity contribution in [2.24, 2.45) is 0 Å². The number of nitro groups is 1. The first-order chi connectivity index (χ1) is 8.01. The largest absolute Gasteiger partial charge is 0.467 e. The first-order valence-electron chi connectivity index (χ1n) is 4.33. The van der Waals surface area contributed by atoms with Gasteiger partial charge in [0.1, 0.15) is 0 Å². The average Bonchev–Trinajstić information content (AvgIpc) is 2.31. The molecule has 0 aliphatic carbocycles. The second-order valence-electron chi connectivity index (χ2n) is 2.97. The highest BCUT2D eigenvalue weighted by atomic mass is 35.5. The quantitative estimate of drug-likeness (QED) is 0.385. The summed E-state index contributed by atoms with van der Waals surface area (Å²) in [5, 5.41) is 19.5. The Hall–Kier alpha value is -1.70. The monoisotopic (exact) mass is 261 g/mol. The maximum atomic E-state index is 11.2. The molecule has 0 saturated carbocycles. The summed E-state index contributed by atoms with van der Waals surface area (Å²) in [6, 6.07) is 3.59. The number of hydrogen-bond acceptors (Lipinski definition) is 6. The normalized spacial score (nSPS) is 11.9. The van der Waals surface area contributed by atoms with Crippen molar-refractivity contribution in [1.82, 2.24) is 0 Å². The standard InChI is InChI=1S/C9H8ClNO6/c1-16-9(12)8(17-15)6-3-2-5(10)4-7(6)11(13)14/h2-4,8,15H,1H3. The van der Waals surface area contributed by atoms with E-state index in [1.807, 2.05) is 0 Å². The van der Waals surface area contributed by atoms with Crippen LogP contribution in [-0.4, -0.2) is 23.3 Å². The molecule has 0 bridgehead atoms. The van der Waals surface area contributed by atoms with E-state index in [0.29, 0.717) is 0 Å². The Kier molecular flexibility index (Phi) is 4.38. The molecule has 0 aromatic heterocycles. The van der Waals surface area contributed by atoms with Crippen LogP contribution < -0.4 is 0 Å². The van der Waals surface area contributed by atoms with Gasteiger partial charge in [-0.25, -0.2) is 9.68 Å². The van der Waals surface area contributed by atoms with Crippen LogP contribution >= 0.6 is 11.6 Å². The molecule has 0 heterocycles. The molecule has 7 nitrogen and oxygen atoms in total. The van der Waals surface area contributed by atoms with Crippen LogP contribution in [0.25, 0.3) is 0 Å². The number of nitro benzene ring substituents is 1. The fourth-order valence-electron chi connectivity index (χ4n) is 1.23. The molecule has 1 unspecified atom stereocenters. The predicted molar refractivity (Wildman–Crippen MR) is 56.6 cm³/mol. The lowest BCUT2D eigenvalue weighted by atomic mass is 10.1. The summed E-state index contributed by atoms with van der Waals surface area (Å²) in [6.07, 6.45) is -1.59. The van der Waals surface area contributed by atoms with Gasteiger partial charge in [0.25, 0.3) is 5.69 Å². The van der Waals surface area contributed by atoms with E-state index in [2.05, 4.69) is 9.62 Å². The number of rotatable bonds is 4. The molecule has 0 radical (unpaired) electrons. The Morgan fingerprint density at radius 1 is 1.59 bits per heavy atom. The van der Waals surface area contributed by atoms with Crippen LogP contribution in [0.5, 0.6) is 0 Å². The van der Waals surface area contributed by atoms with E-state index in [4.69, 9.17) is 16.9 Å². The van der Waals surface area contributed by atoms with E-state index >= 15 is 0 Å². The predicted octanol–water partition coefficient (Wildman–Crippen LogP) is 1.95. The average molecular weight is 262 g/mol. The van der Waals surface area contributed by atoms with Crippen LogP contribution in [0.1, 0.15) is 11.7 Å². The molecule has 0 aliphatic heterocycles. The molecular weight excluding hydrogens is 254 g/mol. The number of nitrogens with zero attached hydrogens (tertiary/aromatic N) is 1. The molecule has 8 heteroatoms. The number of carbonyl (C=O) groups is 1. The third-order valence-electron chi connectivity index (χ3n) is 1.99. The molecule has 92 valence electrons. The molecule has 0 aliphatic rings. The van der Waals surface area contributed by atoms with Crippen LogP contribution in [0.2, 0.25) is 5.02 Å². The summed E-state index contributed by atoms with van der Waals surface area (Å²) in [5.74, 6) is -0.960. The van der Waals surface area contributed by atoms with Crippen molar-refractivity contribution >= 4 is 23.3 Å². The molecule has 0 saturated heterocycles. The number of methoxy groups -OCH3 is 1. The Morgan fingerprint density at radius 3 is 2.71 bits per heavy atom. The highest BCUT2D eigenvalue weighted by molar-refractivity contribution is 6.30. The zero-order valence-corrected chi connectivity index (χ0v) is 9.38. The van der Waals surface area contributed by atoms with Gasteiger partial charge in [-0.05, 0) is 12.1 Å². The highest BCUT2D eigenvalue weighted by Crippen LogP contribution is 2.30. The van der Waals surface area contributed by atoms with Crippen molar-refractivity contribution in [2.75, 3.05) is 7.11 Å². The Balaban J connectivity index is 3.28. The molecule has 0 fully saturated rings. The van der Waals surface area contributed by atoms with E-state index in [0.717, 1.165) is 13.2 Å². The second kappa shape index (κ2) is 5.58. The fourth-order valence-corrected chi connectivity index (χ4v) is 1.40. The van der Waals surface area contributed by atoms with Gasteiger partial charge in [0.15, 0.2) is 0 Å². The van der Waals surface area contributed by atoms with Crippen molar-refractivity contribution < 1.29 is 24.6 Å². The summed E-state index contributed by atoms with van der Waals surface area (Å²) in [6.45, 7) is 0. The highest BCUT2D eigenvalue weighted by Gasteiger charge is 2.30. The summed E-state index contributed by atoms with van der Waals surface area (Å²) >= 11 is 5.60. The lowest BCUT2D eigenvalue weighted by molar-refractivity contribution is -0.387. The Labute approximate surface area is 101 Å². The molecular formula is C9H8ClNO6. The topological polar surface area (TPSA) is 98.9 Å². The van der Waals surface area contributed by atoms with Crippen molar-refractivity contribution in [3.05, 3.63) is 38.9 Å². The van der Waals surface area contributed by atoms with E-state index in [-0.39, 0.29) is 10.6 Å². The lowest BCUT2D eigenvalue weighted by Crippen LogP contribution is -2.17. The van der Waals surface area contributed by atoms with Gasteiger partial charge < -0.3 is 4.74 Å². The van der Waals surface area contributed by atoms with Crippen LogP contribution in [0.15, 0.2) is 18.2 Å². The maximum Gasteiger partial charge on any atom is 0.343 e. The van der Waals surface area contributed by atoms with E-state index in [1.165, 1.54) is 12.1 Å². The molecule has 0 spiro atoms. The zero-order valence-electron chi connectivity index (χ0n) is 8.62. The van der Waals surface area contributed by atoms with Gasteiger partial charge in [-0.3, -0.25) is 15.4 Å². The van der Waals surface area contributed by atoms with E-state index < -0.39 is 22.7 Å². The molecule has 0 amide bonds. The zero-order chi connectivity index (χ0) is 13.0. The van der Waals surface area contributed by atoms with Crippen LogP contribution in [0.3, 0.4) is 0 Å². The molecule has 1 atom stereocenters. The fraction of sp³-hybridized carbons (Fsp3) is 0.222. The van der Waals surface area contributed by atoms with E-state index in [1.54, 1.807) is 0 Å². The third-order valence-corrected chi connectivity index (χ3v) is 2.23. The van der Waals surface area contributed by atoms with Gasteiger partial charge in [-0.15, -0.1) is 0 Å². The summed E-state index contributed by atoms with van der Waals surface area (Å²) in [7, 11) is 1.07. The van der Waals surface area contributed by atoms with Crippen molar-refractivity contribution in [1.29, 1.82) is 0 Å². The SMILES string of the molecule is COC(=O)C(OO)c1ccc(Cl)cc1[N+](=O)[O-]. The second-order valence-corrected chi connectivity index (χ2v) is 3.41. The first-order valence-corrected chi connectivity index (χ1v) is 4.71. The number of hydrogen-bond donors (Lipinski definition) is 1. The number of carbonyl (C=O) groups excluding carboxylic acids is 1. The minimum Gasteiger partial charge on any atom is -0.467 e. The van der Waals surface area contributed by atoms with Gasteiger partial charge in [-0.1, -0.05) is 11.6 Å². The third kappa shape index (κ3) is 2.90. The van der Waals surface area contributed by atoms with Crippen LogP contribution in [-0.2, 0) is 14.4 Å². The summed E-state index contributed by atoms with van der Waals surface area (Å²) in [5.41, 5.74) is -0.587. The molecule has 1 N–H and O–H groups in total. The van der Waals surface area contributed by atoms with Crippen molar-refractivity contribution in [3.8, 4) is 0 Å². The van der Waals surface area contributed by atoms with Gasteiger partial charge in [0, 0.05) is 11.1 Å². The summed E-state index contributed by atoms with van der Waals surface area (Å²) in [4.78, 5) is 25.2. The Morgan fingerprint density at radius 2 is 2.24 bits per heavy atom. The molecule has 1 rings (SSSR count). The van der Waals surface area contributed by atoms with Crippen LogP contribution in [0, 0.1) is 10.1 Å².